The number of aliphatic imine (C=N–C) groups is 2. The van der Waals surface area contributed by atoms with E-state index in [1.54, 1.807) is 42.7 Å². The summed E-state index contributed by atoms with van der Waals surface area (Å²) in [6, 6.07) is 22.5. The van der Waals surface area contributed by atoms with Crippen LogP contribution in [0.5, 0.6) is 0 Å². The molecule has 34 heavy (non-hydrogen) atoms. The number of nitrogens with zero attached hydrogens (tertiary/aromatic N) is 3. The molecule has 3 aromatic carbocycles. The quantitative estimate of drug-likeness (QED) is 0.328. The van der Waals surface area contributed by atoms with Gasteiger partial charge < -0.3 is 11.5 Å². The van der Waals surface area contributed by atoms with E-state index in [4.69, 9.17) is 10.7 Å². The first-order chi connectivity index (χ1) is 16.6. The predicted molar refractivity (Wildman–Crippen MR) is 136 cm³/mol. The first-order valence-electron chi connectivity index (χ1n) is 10.4. The van der Waals surface area contributed by atoms with Crippen LogP contribution in [0.2, 0.25) is 0 Å². The second-order valence-electron chi connectivity index (χ2n) is 6.98. The minimum absolute atomic E-state index is 0.311. The molecule has 4 rings (SSSR count). The maximum atomic E-state index is 13.4. The molecule has 1 amide bonds. The Morgan fingerprint density at radius 1 is 0.912 bits per heavy atom. The lowest BCUT2D eigenvalue weighted by Gasteiger charge is -2.13. The minimum atomic E-state index is -0.535. The molecule has 0 spiro atoms. The highest BCUT2D eigenvalue weighted by Gasteiger charge is 2.15. The number of hydrogen-bond donors (Lipinski definition) is 2. The van der Waals surface area contributed by atoms with Crippen LogP contribution in [0.3, 0.4) is 0 Å². The Balaban J connectivity index is 0.00000158. The van der Waals surface area contributed by atoms with E-state index in [2.05, 4.69) is 22.4 Å². The van der Waals surface area contributed by atoms with E-state index < -0.39 is 5.91 Å². The van der Waals surface area contributed by atoms with Gasteiger partial charge in [0.2, 0.25) is 5.91 Å². The minimum Gasteiger partial charge on any atom is -0.366 e. The van der Waals surface area contributed by atoms with E-state index in [0.717, 1.165) is 11.1 Å². The molecule has 0 saturated heterocycles. The lowest BCUT2D eigenvalue weighted by molar-refractivity contribution is 0.100. The second kappa shape index (κ2) is 11.4. The third-order valence-electron chi connectivity index (χ3n) is 4.95. The second-order valence-corrected chi connectivity index (χ2v) is 6.98. The number of pyridine rings is 1. The van der Waals surface area contributed by atoms with E-state index in [9.17, 15) is 9.18 Å². The van der Waals surface area contributed by atoms with E-state index in [-0.39, 0.29) is 5.82 Å². The summed E-state index contributed by atoms with van der Waals surface area (Å²) < 4.78 is 13.4. The zero-order chi connectivity index (χ0) is 24.5. The van der Waals surface area contributed by atoms with Crippen molar-refractivity contribution in [3.05, 3.63) is 108 Å². The number of primary amides is 1. The molecule has 170 valence electrons. The first kappa shape index (κ1) is 24.2. The standard InChI is InChI=1S/C26H19FN4O.CH5N/c1-29-26(19-5-4-14-30-16-19)31-24-15-18(17-8-11-20(27)12-9-17)10-13-22(24)21-6-2-3-7-23(21)25(28)32;1-2/h2-16H,1H2,(H2,28,32);2H2,1H3. The van der Waals surface area contributed by atoms with Gasteiger partial charge in [-0.15, -0.1) is 0 Å². The van der Waals surface area contributed by atoms with Crippen molar-refractivity contribution in [2.45, 2.75) is 0 Å². The average molecular weight is 454 g/mol. The van der Waals surface area contributed by atoms with Gasteiger partial charge in [0, 0.05) is 29.1 Å². The summed E-state index contributed by atoms with van der Waals surface area (Å²) in [5.41, 5.74) is 14.8. The topological polar surface area (TPSA) is 107 Å². The molecule has 1 heterocycles. The maximum absolute atomic E-state index is 13.4. The van der Waals surface area contributed by atoms with Crippen molar-refractivity contribution in [3.8, 4) is 22.3 Å². The molecule has 0 saturated carbocycles. The molecule has 0 aliphatic heterocycles. The summed E-state index contributed by atoms with van der Waals surface area (Å²) in [6.07, 6.45) is 3.31. The number of aromatic nitrogens is 1. The molecule has 7 heteroatoms. The van der Waals surface area contributed by atoms with Crippen molar-refractivity contribution >= 4 is 24.1 Å². The summed E-state index contributed by atoms with van der Waals surface area (Å²) in [6.45, 7) is 3.65. The van der Waals surface area contributed by atoms with Crippen molar-refractivity contribution in [2.75, 3.05) is 7.05 Å². The third kappa shape index (κ3) is 5.46. The van der Waals surface area contributed by atoms with Crippen LogP contribution in [0.4, 0.5) is 10.1 Å². The normalized spacial score (nSPS) is 10.7. The Labute approximate surface area is 197 Å². The van der Waals surface area contributed by atoms with E-state index >= 15 is 0 Å². The third-order valence-corrected chi connectivity index (χ3v) is 4.95. The molecule has 0 atom stereocenters. The Hall–Kier alpha value is -4.49. The maximum Gasteiger partial charge on any atom is 0.249 e. The molecule has 0 aliphatic carbocycles. The van der Waals surface area contributed by atoms with E-state index in [0.29, 0.717) is 33.8 Å². The molecule has 0 bridgehead atoms. The predicted octanol–water partition coefficient (Wildman–Crippen LogP) is 5.01. The summed E-state index contributed by atoms with van der Waals surface area (Å²) in [7, 11) is 1.50. The average Bonchev–Trinajstić information content (AvgIpc) is 2.89. The van der Waals surface area contributed by atoms with Gasteiger partial charge in [-0.3, -0.25) is 9.78 Å². The SMILES string of the molecule is C=NC(=Nc1cc(-c2ccc(F)cc2)ccc1-c1ccccc1C(N)=O)c1cccnc1.CN. The highest BCUT2D eigenvalue weighted by atomic mass is 19.1. The van der Waals surface area contributed by atoms with Crippen molar-refractivity contribution in [2.24, 2.45) is 21.5 Å². The number of rotatable bonds is 5. The summed E-state index contributed by atoms with van der Waals surface area (Å²) in [5.74, 6) is -0.464. The van der Waals surface area contributed by atoms with Gasteiger partial charge in [-0.05, 0) is 66.9 Å². The molecule has 0 radical (unpaired) electrons. The zero-order valence-corrected chi connectivity index (χ0v) is 18.6. The summed E-state index contributed by atoms with van der Waals surface area (Å²) in [4.78, 5) is 25.0. The molecule has 6 nitrogen and oxygen atoms in total. The Morgan fingerprint density at radius 2 is 1.62 bits per heavy atom. The highest BCUT2D eigenvalue weighted by molar-refractivity contribution is 6.05. The number of carbonyl (C=O) groups excluding carboxylic acids is 1. The van der Waals surface area contributed by atoms with Gasteiger partial charge in [0.1, 0.15) is 5.82 Å². The van der Waals surface area contributed by atoms with Crippen molar-refractivity contribution in [1.29, 1.82) is 0 Å². The monoisotopic (exact) mass is 453 g/mol. The van der Waals surface area contributed by atoms with Crippen LogP contribution in [0.15, 0.2) is 101 Å². The van der Waals surface area contributed by atoms with Gasteiger partial charge in [-0.1, -0.05) is 42.5 Å². The van der Waals surface area contributed by atoms with Gasteiger partial charge >= 0.3 is 0 Å². The lowest BCUT2D eigenvalue weighted by Crippen LogP contribution is -2.12. The fourth-order valence-electron chi connectivity index (χ4n) is 3.41. The van der Waals surface area contributed by atoms with Gasteiger partial charge in [-0.2, -0.15) is 0 Å². The van der Waals surface area contributed by atoms with Crippen LogP contribution in [-0.4, -0.2) is 30.5 Å². The first-order valence-corrected chi connectivity index (χ1v) is 10.4. The number of benzene rings is 3. The van der Waals surface area contributed by atoms with Gasteiger partial charge in [0.25, 0.3) is 0 Å². The van der Waals surface area contributed by atoms with Gasteiger partial charge in [0.15, 0.2) is 5.84 Å². The van der Waals surface area contributed by atoms with Crippen LogP contribution >= 0.6 is 0 Å². The number of halogens is 1. The highest BCUT2D eigenvalue weighted by Crippen LogP contribution is 2.36. The van der Waals surface area contributed by atoms with E-state index in [1.165, 1.54) is 19.2 Å². The molecular formula is C27H24FN5O. The van der Waals surface area contributed by atoms with Crippen LogP contribution in [0, 0.1) is 5.82 Å². The van der Waals surface area contributed by atoms with Crippen LogP contribution in [0.25, 0.3) is 22.3 Å². The van der Waals surface area contributed by atoms with Crippen LogP contribution in [0.1, 0.15) is 15.9 Å². The Morgan fingerprint density at radius 3 is 2.26 bits per heavy atom. The Kier molecular flexibility index (Phi) is 8.10. The zero-order valence-electron chi connectivity index (χ0n) is 18.6. The number of nitrogens with two attached hydrogens (primary N) is 2. The number of hydrogen-bond acceptors (Lipinski definition) is 4. The van der Waals surface area contributed by atoms with Gasteiger partial charge in [0.05, 0.1) is 5.69 Å². The van der Waals surface area contributed by atoms with Crippen LogP contribution < -0.4 is 11.5 Å². The summed E-state index contributed by atoms with van der Waals surface area (Å²) >= 11 is 0. The van der Waals surface area contributed by atoms with Gasteiger partial charge in [-0.25, -0.2) is 14.4 Å². The molecule has 4 aromatic rings. The number of carbonyl (C=O) groups is 1. The van der Waals surface area contributed by atoms with Crippen molar-refractivity contribution < 1.29 is 9.18 Å². The number of amidine groups is 1. The van der Waals surface area contributed by atoms with Crippen molar-refractivity contribution in [3.63, 3.8) is 0 Å². The molecule has 4 N–H and O–H groups in total. The van der Waals surface area contributed by atoms with E-state index in [1.807, 2.05) is 36.4 Å². The lowest BCUT2D eigenvalue weighted by atomic mass is 9.95. The molecule has 0 unspecified atom stereocenters. The summed E-state index contributed by atoms with van der Waals surface area (Å²) in [5, 5.41) is 0. The largest absolute Gasteiger partial charge is 0.366 e. The fraction of sp³-hybridized carbons (Fsp3) is 0.0370. The molecule has 1 aromatic heterocycles. The fourth-order valence-corrected chi connectivity index (χ4v) is 3.41. The Bertz CT molecular complexity index is 1320. The smallest absolute Gasteiger partial charge is 0.249 e. The number of amides is 1. The van der Waals surface area contributed by atoms with Crippen LogP contribution in [-0.2, 0) is 0 Å². The molecule has 0 fully saturated rings. The van der Waals surface area contributed by atoms with Crippen molar-refractivity contribution in [1.82, 2.24) is 4.98 Å². The molecule has 0 aliphatic rings. The molecular weight excluding hydrogens is 429 g/mol.